The van der Waals surface area contributed by atoms with Crippen LogP contribution in [0.25, 0.3) is 10.9 Å². The minimum Gasteiger partial charge on any atom is -0.477 e. The van der Waals surface area contributed by atoms with Gasteiger partial charge in [0, 0.05) is 18.6 Å². The summed E-state index contributed by atoms with van der Waals surface area (Å²) in [7, 11) is 1.82. The number of nitrogens with zero attached hydrogens (tertiary/aromatic N) is 1. The van der Waals surface area contributed by atoms with Crippen LogP contribution in [0.5, 0.6) is 0 Å². The van der Waals surface area contributed by atoms with E-state index in [0.29, 0.717) is 11.3 Å². The first-order valence-corrected chi connectivity index (χ1v) is 7.45. The predicted octanol–water partition coefficient (Wildman–Crippen LogP) is 3.28. The minimum atomic E-state index is -1.17. The molecule has 0 atom stereocenters. The number of rotatable bonds is 2. The molecule has 1 saturated carbocycles. The molecule has 1 aromatic carbocycles. The van der Waals surface area contributed by atoms with Gasteiger partial charge in [0.1, 0.15) is 5.56 Å². The maximum atomic E-state index is 12.4. The van der Waals surface area contributed by atoms with Crippen LogP contribution in [0.3, 0.4) is 0 Å². The van der Waals surface area contributed by atoms with Crippen molar-refractivity contribution < 1.29 is 9.90 Å². The van der Waals surface area contributed by atoms with Crippen molar-refractivity contribution >= 4 is 16.9 Å². The van der Waals surface area contributed by atoms with Crippen LogP contribution in [0.1, 0.15) is 53.9 Å². The smallest absolute Gasteiger partial charge is 0.341 e. The van der Waals surface area contributed by atoms with Crippen molar-refractivity contribution in [3.63, 3.8) is 0 Å². The fourth-order valence-corrected chi connectivity index (χ4v) is 3.50. The Labute approximate surface area is 123 Å². The zero-order valence-corrected chi connectivity index (χ0v) is 12.1. The highest BCUT2D eigenvalue weighted by atomic mass is 16.4. The third-order valence-electron chi connectivity index (χ3n) is 4.51. The Bertz CT molecular complexity index is 754. The maximum absolute atomic E-state index is 12.4. The number of para-hydroxylation sites is 1. The molecule has 0 aliphatic heterocycles. The topological polar surface area (TPSA) is 59.3 Å². The largest absolute Gasteiger partial charge is 0.477 e. The predicted molar refractivity (Wildman–Crippen MR) is 82.0 cm³/mol. The quantitative estimate of drug-likeness (QED) is 0.921. The van der Waals surface area contributed by atoms with E-state index < -0.39 is 5.97 Å². The van der Waals surface area contributed by atoms with Crippen LogP contribution in [-0.4, -0.2) is 15.6 Å². The third kappa shape index (κ3) is 2.35. The molecule has 0 saturated heterocycles. The monoisotopic (exact) mass is 285 g/mol. The molecule has 1 aliphatic rings. The molecular weight excluding hydrogens is 266 g/mol. The van der Waals surface area contributed by atoms with Crippen LogP contribution >= 0.6 is 0 Å². The Morgan fingerprint density at radius 2 is 1.95 bits per heavy atom. The van der Waals surface area contributed by atoms with E-state index in [-0.39, 0.29) is 11.0 Å². The number of carbonyl (C=O) groups is 1. The van der Waals surface area contributed by atoms with Gasteiger partial charge >= 0.3 is 5.97 Å². The summed E-state index contributed by atoms with van der Waals surface area (Å²) in [6.45, 7) is 0. The minimum absolute atomic E-state index is 0.161. The molecule has 1 N–H and O–H groups in total. The number of aromatic nitrogens is 1. The van der Waals surface area contributed by atoms with Gasteiger partial charge in [-0.1, -0.05) is 31.4 Å². The summed E-state index contributed by atoms with van der Waals surface area (Å²) in [5.74, 6) is -0.690. The molecule has 2 aromatic rings. The number of hydrogen-bond donors (Lipinski definition) is 1. The van der Waals surface area contributed by atoms with Crippen LogP contribution in [-0.2, 0) is 7.05 Å². The zero-order chi connectivity index (χ0) is 15.0. The molecule has 1 heterocycles. The summed E-state index contributed by atoms with van der Waals surface area (Å²) >= 11 is 0. The molecule has 4 nitrogen and oxygen atoms in total. The number of benzene rings is 1. The van der Waals surface area contributed by atoms with E-state index in [4.69, 9.17) is 5.11 Å². The standard InChI is InChI=1S/C17H19NO3/c1-18-10-14(17(20)21)16(19)13-9-5-8-12(15(13)18)11-6-3-2-4-7-11/h5,8-11H,2-4,6-7H2,1H3,(H,20,21). The van der Waals surface area contributed by atoms with Gasteiger partial charge in [0.2, 0.25) is 5.43 Å². The van der Waals surface area contributed by atoms with Crippen molar-refractivity contribution in [2.75, 3.05) is 0 Å². The number of carboxylic acids is 1. The summed E-state index contributed by atoms with van der Waals surface area (Å²) in [5.41, 5.74) is 1.53. The normalized spacial score (nSPS) is 16.2. The molecule has 0 radical (unpaired) electrons. The highest BCUT2D eigenvalue weighted by molar-refractivity contribution is 5.93. The molecule has 1 fully saturated rings. The van der Waals surface area contributed by atoms with Gasteiger partial charge < -0.3 is 9.67 Å². The SMILES string of the molecule is Cn1cc(C(=O)O)c(=O)c2cccc(C3CCCCC3)c21. The molecule has 3 rings (SSSR count). The van der Waals surface area contributed by atoms with Gasteiger partial charge in [0.15, 0.2) is 0 Å². The van der Waals surface area contributed by atoms with E-state index in [2.05, 4.69) is 6.07 Å². The Balaban J connectivity index is 2.26. The third-order valence-corrected chi connectivity index (χ3v) is 4.51. The van der Waals surface area contributed by atoms with Gasteiger partial charge in [-0.3, -0.25) is 4.79 Å². The van der Waals surface area contributed by atoms with Crippen molar-refractivity contribution in [1.82, 2.24) is 4.57 Å². The maximum Gasteiger partial charge on any atom is 0.341 e. The van der Waals surface area contributed by atoms with Crippen molar-refractivity contribution in [3.8, 4) is 0 Å². The molecular formula is C17H19NO3. The van der Waals surface area contributed by atoms with Crippen LogP contribution in [0, 0.1) is 0 Å². The van der Waals surface area contributed by atoms with Crippen LogP contribution in [0.4, 0.5) is 0 Å². The van der Waals surface area contributed by atoms with E-state index in [1.165, 1.54) is 31.0 Å². The van der Waals surface area contributed by atoms with E-state index >= 15 is 0 Å². The lowest BCUT2D eigenvalue weighted by Crippen LogP contribution is -2.19. The van der Waals surface area contributed by atoms with Crippen molar-refractivity contribution in [1.29, 1.82) is 0 Å². The van der Waals surface area contributed by atoms with E-state index in [1.807, 2.05) is 13.1 Å². The molecule has 21 heavy (non-hydrogen) atoms. The molecule has 1 aliphatic carbocycles. The summed E-state index contributed by atoms with van der Waals surface area (Å²) in [4.78, 5) is 23.6. The number of pyridine rings is 1. The van der Waals surface area contributed by atoms with Gasteiger partial charge in [-0.25, -0.2) is 4.79 Å². The molecule has 110 valence electrons. The van der Waals surface area contributed by atoms with E-state index in [0.717, 1.165) is 18.4 Å². The average Bonchev–Trinajstić information content (AvgIpc) is 2.51. The first kappa shape index (κ1) is 13.9. The van der Waals surface area contributed by atoms with Gasteiger partial charge in [-0.15, -0.1) is 0 Å². The average molecular weight is 285 g/mol. The highest BCUT2D eigenvalue weighted by Crippen LogP contribution is 2.35. The summed E-state index contributed by atoms with van der Waals surface area (Å²) in [5, 5.41) is 9.67. The van der Waals surface area contributed by atoms with Crippen molar-refractivity contribution in [2.45, 2.75) is 38.0 Å². The number of fused-ring (bicyclic) bond motifs is 1. The molecule has 0 spiro atoms. The van der Waals surface area contributed by atoms with Crippen LogP contribution in [0.2, 0.25) is 0 Å². The molecule has 1 aromatic heterocycles. The Hall–Kier alpha value is -2.10. The van der Waals surface area contributed by atoms with E-state index in [9.17, 15) is 9.59 Å². The second-order valence-corrected chi connectivity index (χ2v) is 5.87. The van der Waals surface area contributed by atoms with Gasteiger partial charge in [-0.05, 0) is 30.4 Å². The van der Waals surface area contributed by atoms with Crippen LogP contribution < -0.4 is 5.43 Å². The van der Waals surface area contributed by atoms with E-state index in [1.54, 1.807) is 10.6 Å². The number of aryl methyl sites for hydroxylation is 1. The lowest BCUT2D eigenvalue weighted by atomic mass is 9.83. The second-order valence-electron chi connectivity index (χ2n) is 5.87. The summed E-state index contributed by atoms with van der Waals surface area (Å²) in [6, 6.07) is 5.69. The first-order chi connectivity index (χ1) is 10.1. The van der Waals surface area contributed by atoms with Gasteiger partial charge in [0.25, 0.3) is 0 Å². The number of carboxylic acid groups (broad SMARTS) is 1. The Kier molecular flexibility index (Phi) is 3.53. The lowest BCUT2D eigenvalue weighted by Gasteiger charge is -2.24. The highest BCUT2D eigenvalue weighted by Gasteiger charge is 2.21. The number of hydrogen-bond acceptors (Lipinski definition) is 2. The Morgan fingerprint density at radius 1 is 1.24 bits per heavy atom. The zero-order valence-electron chi connectivity index (χ0n) is 12.1. The summed E-state index contributed by atoms with van der Waals surface area (Å²) in [6.07, 6.45) is 7.47. The molecule has 0 bridgehead atoms. The van der Waals surface area contributed by atoms with Gasteiger partial charge in [0.05, 0.1) is 5.52 Å². The molecule has 0 unspecified atom stereocenters. The first-order valence-electron chi connectivity index (χ1n) is 7.45. The fourth-order valence-electron chi connectivity index (χ4n) is 3.50. The van der Waals surface area contributed by atoms with Crippen molar-refractivity contribution in [3.05, 3.63) is 45.7 Å². The lowest BCUT2D eigenvalue weighted by molar-refractivity contribution is 0.0695. The summed E-state index contributed by atoms with van der Waals surface area (Å²) < 4.78 is 1.80. The number of aromatic carboxylic acids is 1. The molecule has 0 amide bonds. The molecule has 4 heteroatoms. The fraction of sp³-hybridized carbons (Fsp3) is 0.412. The van der Waals surface area contributed by atoms with Crippen LogP contribution in [0.15, 0.2) is 29.2 Å². The van der Waals surface area contributed by atoms with Gasteiger partial charge in [-0.2, -0.15) is 0 Å². The van der Waals surface area contributed by atoms with Crippen molar-refractivity contribution in [2.24, 2.45) is 7.05 Å². The second kappa shape index (κ2) is 5.35. The Morgan fingerprint density at radius 3 is 2.62 bits per heavy atom.